The van der Waals surface area contributed by atoms with Crippen LogP contribution in [-0.2, 0) is 10.2 Å². The Morgan fingerprint density at radius 1 is 1.02 bits per heavy atom. The summed E-state index contributed by atoms with van der Waals surface area (Å²) in [7, 11) is 6.82. The summed E-state index contributed by atoms with van der Waals surface area (Å²) in [5.74, 6) is 7.29. The number of aliphatic hydroxyl groups is 2. The standard InChI is InChI=1S/C38H39N5O6/c1-6-10-24-22-43(35-32(24)36(46)41-37(40-35)39-23-42(2)3)31-21-30(44)33(49-31)34(45)38(25-11-8-7-9-12-25,26-13-17-28(47-4)18-14-26)27-15-19-29(48-5)20-16-27/h7-9,11-20,22-23,30-31,33-34,44-45H,21H2,1-5H3,(H,40,41,46)/b39-23+/t30-,31+,33-,34?/m0/s1. The smallest absolute Gasteiger partial charge is 0.263 e. The van der Waals surface area contributed by atoms with E-state index >= 15 is 0 Å². The third-order valence-corrected chi connectivity index (χ3v) is 8.86. The van der Waals surface area contributed by atoms with Crippen LogP contribution in [0.15, 0.2) is 94.8 Å². The van der Waals surface area contributed by atoms with E-state index in [1.54, 1.807) is 36.8 Å². The highest BCUT2D eigenvalue weighted by Crippen LogP contribution is 2.47. The van der Waals surface area contributed by atoms with E-state index in [0.29, 0.717) is 22.7 Å². The number of aliphatic hydroxyl groups excluding tert-OH is 2. The maximum atomic E-state index is 13.3. The first-order valence-corrected chi connectivity index (χ1v) is 15.9. The van der Waals surface area contributed by atoms with Crippen LogP contribution in [-0.4, -0.2) is 82.6 Å². The van der Waals surface area contributed by atoms with Crippen molar-refractivity contribution in [1.82, 2.24) is 19.4 Å². The molecule has 3 aromatic carbocycles. The highest BCUT2D eigenvalue weighted by molar-refractivity contribution is 5.84. The molecular weight excluding hydrogens is 622 g/mol. The molecule has 3 N–H and O–H groups in total. The van der Waals surface area contributed by atoms with Crippen LogP contribution in [0, 0.1) is 11.8 Å². The summed E-state index contributed by atoms with van der Waals surface area (Å²) in [6.45, 7) is 1.68. The number of hydrogen-bond acceptors (Lipinski definition) is 8. The molecule has 1 unspecified atom stereocenters. The number of rotatable bonds is 10. The van der Waals surface area contributed by atoms with E-state index in [9.17, 15) is 15.0 Å². The molecular formula is C38H39N5O6. The fourth-order valence-corrected chi connectivity index (χ4v) is 6.62. The van der Waals surface area contributed by atoms with Crippen LogP contribution < -0.4 is 15.0 Å². The van der Waals surface area contributed by atoms with Crippen molar-refractivity contribution in [2.75, 3.05) is 28.3 Å². The molecule has 0 aliphatic carbocycles. The lowest BCUT2D eigenvalue weighted by Crippen LogP contribution is -2.51. The van der Waals surface area contributed by atoms with Gasteiger partial charge in [-0.1, -0.05) is 60.5 Å². The van der Waals surface area contributed by atoms with Gasteiger partial charge in [0.2, 0.25) is 5.95 Å². The van der Waals surface area contributed by atoms with Crippen molar-refractivity contribution in [2.24, 2.45) is 4.99 Å². The van der Waals surface area contributed by atoms with Crippen molar-refractivity contribution in [3.63, 3.8) is 0 Å². The number of hydrogen-bond donors (Lipinski definition) is 3. The molecule has 1 fully saturated rings. The van der Waals surface area contributed by atoms with Gasteiger partial charge < -0.3 is 33.9 Å². The number of aromatic amines is 1. The number of H-pyrrole nitrogens is 1. The van der Waals surface area contributed by atoms with Crippen molar-refractivity contribution in [3.05, 3.63) is 118 Å². The Bertz CT molecular complexity index is 2010. The molecule has 2 aromatic heterocycles. The number of methoxy groups -OCH3 is 2. The largest absolute Gasteiger partial charge is 0.497 e. The van der Waals surface area contributed by atoms with E-state index < -0.39 is 35.5 Å². The zero-order valence-corrected chi connectivity index (χ0v) is 28.0. The SMILES string of the molecule is CC#Cc1cn([C@H]2C[C@H](O)[C@@H](C(O)C(c3ccccc3)(c3ccc(OC)cc3)c3ccc(OC)cc3)O2)c2nc(/N=C/N(C)C)[nH]c(=O)c12. The molecule has 0 spiro atoms. The second-order valence-electron chi connectivity index (χ2n) is 12.1. The van der Waals surface area contributed by atoms with Crippen molar-refractivity contribution in [1.29, 1.82) is 0 Å². The molecule has 1 aliphatic heterocycles. The Kier molecular flexibility index (Phi) is 9.56. The molecule has 1 saturated heterocycles. The molecule has 11 heteroatoms. The van der Waals surface area contributed by atoms with E-state index in [2.05, 4.69) is 26.8 Å². The first kappa shape index (κ1) is 33.5. The molecule has 0 radical (unpaired) electrons. The first-order valence-electron chi connectivity index (χ1n) is 15.9. The number of benzene rings is 3. The third kappa shape index (κ3) is 6.18. The van der Waals surface area contributed by atoms with Gasteiger partial charge in [-0.15, -0.1) is 5.92 Å². The topological polar surface area (TPSA) is 134 Å². The average molecular weight is 662 g/mol. The van der Waals surface area contributed by atoms with Crippen LogP contribution in [0.25, 0.3) is 11.0 Å². The molecule has 1 aliphatic rings. The van der Waals surface area contributed by atoms with Gasteiger partial charge in [-0.05, 0) is 47.9 Å². The minimum Gasteiger partial charge on any atom is -0.497 e. The highest BCUT2D eigenvalue weighted by Gasteiger charge is 2.52. The molecule has 0 saturated carbocycles. The zero-order valence-electron chi connectivity index (χ0n) is 28.0. The maximum Gasteiger partial charge on any atom is 0.263 e. The van der Waals surface area contributed by atoms with E-state index in [0.717, 1.165) is 16.7 Å². The van der Waals surface area contributed by atoms with Crippen LogP contribution in [0.4, 0.5) is 5.95 Å². The second-order valence-corrected chi connectivity index (χ2v) is 12.1. The Morgan fingerprint density at radius 3 is 2.16 bits per heavy atom. The summed E-state index contributed by atoms with van der Waals surface area (Å²) in [5.41, 5.74) is 1.48. The predicted octanol–water partition coefficient (Wildman–Crippen LogP) is 4.38. The summed E-state index contributed by atoms with van der Waals surface area (Å²) in [4.78, 5) is 26.7. The number of nitrogens with zero attached hydrogens (tertiary/aromatic N) is 4. The minimum absolute atomic E-state index is 0.110. The lowest BCUT2D eigenvalue weighted by Gasteiger charge is -2.43. The van der Waals surface area contributed by atoms with Gasteiger partial charge in [-0.25, -0.2) is 4.99 Å². The number of ether oxygens (including phenoxy) is 3. The fourth-order valence-electron chi connectivity index (χ4n) is 6.62. The quantitative estimate of drug-likeness (QED) is 0.0870. The van der Waals surface area contributed by atoms with Gasteiger partial charge in [0.25, 0.3) is 5.56 Å². The molecule has 4 atom stereocenters. The summed E-state index contributed by atoms with van der Waals surface area (Å²) in [6.07, 6.45) is -0.896. The highest BCUT2D eigenvalue weighted by atomic mass is 16.5. The van der Waals surface area contributed by atoms with Crippen molar-refractivity contribution in [2.45, 2.75) is 43.3 Å². The van der Waals surface area contributed by atoms with E-state index in [1.165, 1.54) is 6.34 Å². The van der Waals surface area contributed by atoms with Gasteiger partial charge in [0.05, 0.1) is 43.0 Å². The minimum atomic E-state index is -1.30. The number of nitrogens with one attached hydrogen (secondary N) is 1. The molecule has 49 heavy (non-hydrogen) atoms. The van der Waals surface area contributed by atoms with Gasteiger partial charge in [-0.2, -0.15) is 4.98 Å². The summed E-state index contributed by atoms with van der Waals surface area (Å²) in [5, 5.41) is 24.7. The number of fused-ring (bicyclic) bond motifs is 1. The Balaban J connectivity index is 1.50. The van der Waals surface area contributed by atoms with Crippen LogP contribution in [0.1, 0.15) is 41.8 Å². The van der Waals surface area contributed by atoms with Gasteiger partial charge in [-0.3, -0.25) is 9.78 Å². The molecule has 5 aromatic rings. The van der Waals surface area contributed by atoms with Crippen LogP contribution >= 0.6 is 0 Å². The van der Waals surface area contributed by atoms with Crippen molar-refractivity contribution >= 4 is 23.3 Å². The van der Waals surface area contributed by atoms with Gasteiger partial charge >= 0.3 is 0 Å². The van der Waals surface area contributed by atoms with Gasteiger partial charge in [0.15, 0.2) is 5.65 Å². The third-order valence-electron chi connectivity index (χ3n) is 8.86. The first-order chi connectivity index (χ1) is 23.7. The maximum absolute atomic E-state index is 13.3. The Hall–Kier alpha value is -5.41. The lowest BCUT2D eigenvalue weighted by molar-refractivity contribution is -0.0959. The summed E-state index contributed by atoms with van der Waals surface area (Å²) >= 11 is 0. The molecule has 3 heterocycles. The summed E-state index contributed by atoms with van der Waals surface area (Å²) < 4.78 is 19.2. The van der Waals surface area contributed by atoms with E-state index in [4.69, 9.17) is 14.2 Å². The van der Waals surface area contributed by atoms with Crippen molar-refractivity contribution < 1.29 is 24.4 Å². The Morgan fingerprint density at radius 2 is 1.61 bits per heavy atom. The van der Waals surface area contributed by atoms with Crippen LogP contribution in [0.3, 0.4) is 0 Å². The van der Waals surface area contributed by atoms with Crippen molar-refractivity contribution in [3.8, 4) is 23.3 Å². The second kappa shape index (κ2) is 14.0. The number of aliphatic imine (C=N–C) groups is 1. The van der Waals surface area contributed by atoms with Gasteiger partial charge in [0.1, 0.15) is 29.9 Å². The molecule has 252 valence electrons. The molecule has 11 nitrogen and oxygen atoms in total. The monoisotopic (exact) mass is 661 g/mol. The van der Waals surface area contributed by atoms with E-state index in [-0.39, 0.29) is 17.8 Å². The van der Waals surface area contributed by atoms with E-state index in [1.807, 2.05) is 93.0 Å². The average Bonchev–Trinajstić information content (AvgIpc) is 3.69. The Labute approximate surface area is 284 Å². The van der Waals surface area contributed by atoms with Gasteiger partial charge in [0, 0.05) is 26.7 Å². The fraction of sp³-hybridized carbons (Fsp3) is 0.289. The molecule has 0 amide bonds. The lowest BCUT2D eigenvalue weighted by atomic mass is 9.64. The summed E-state index contributed by atoms with van der Waals surface area (Å²) in [6, 6.07) is 24.7. The predicted molar refractivity (Wildman–Crippen MR) is 188 cm³/mol. The van der Waals surface area contributed by atoms with Crippen LogP contribution in [0.5, 0.6) is 11.5 Å². The normalized spacial score (nSPS) is 18.3. The number of aromatic nitrogens is 3. The zero-order chi connectivity index (χ0) is 34.7. The molecule has 0 bridgehead atoms. The molecule has 6 rings (SSSR count). The van der Waals surface area contributed by atoms with Crippen LogP contribution in [0.2, 0.25) is 0 Å².